The number of hydrogen-bond donors (Lipinski definition) is 3. The standard InChI is InChI=1S/C33H34Br2N4O12S2/c1-31(2)21(26(43)50-15-51-27(44)22-32(3,4)53(47,48)29-33(34,35)28(45)39(22)29)38-24(42)20(25(38)52-31)36-23(41)19(17-10-12-18(40)13-11-17)37-30(46)49-14-16-8-6-5-7-9-16/h5-13,19-22,25,29,40H,14-15H2,1-4H3,(H,36,41)(H,37,46)/t19?,20?,21-,22-,25+,29+/m0/s1. The number of ether oxygens (including phenoxy) is 3. The van der Waals surface area contributed by atoms with E-state index >= 15 is 0 Å². The van der Waals surface area contributed by atoms with Gasteiger partial charge in [-0.1, -0.05) is 74.3 Å². The van der Waals surface area contributed by atoms with E-state index in [1.54, 1.807) is 38.1 Å². The summed E-state index contributed by atoms with van der Waals surface area (Å²) in [5.74, 6) is -4.13. The summed E-state index contributed by atoms with van der Waals surface area (Å²) in [6, 6.07) is 9.33. The zero-order chi connectivity index (χ0) is 38.8. The van der Waals surface area contributed by atoms with E-state index in [4.69, 9.17) is 14.2 Å². The number of fused-ring (bicyclic) bond motifs is 2. The molecular formula is C33H34Br2N4O12S2. The Labute approximate surface area is 324 Å². The highest BCUT2D eigenvalue weighted by atomic mass is 79.9. The first-order valence-corrected chi connectivity index (χ1v) is 20.1. The van der Waals surface area contributed by atoms with Crippen molar-refractivity contribution >= 4 is 89.2 Å². The van der Waals surface area contributed by atoms with Crippen molar-refractivity contribution in [3.63, 3.8) is 0 Å². The number of alkyl halides is 2. The van der Waals surface area contributed by atoms with E-state index in [0.717, 1.165) is 10.5 Å². The Morgan fingerprint density at radius 2 is 1.51 bits per heavy atom. The van der Waals surface area contributed by atoms with E-state index < -0.39 is 100 Å². The van der Waals surface area contributed by atoms with Gasteiger partial charge in [-0.15, -0.1) is 11.8 Å². The lowest BCUT2D eigenvalue weighted by Crippen LogP contribution is -2.71. The first-order chi connectivity index (χ1) is 24.7. The van der Waals surface area contributed by atoms with Crippen LogP contribution in [0.4, 0.5) is 4.79 Å². The van der Waals surface area contributed by atoms with Crippen LogP contribution in [0.15, 0.2) is 54.6 Å². The molecule has 4 fully saturated rings. The molecule has 16 nitrogen and oxygen atoms in total. The predicted molar refractivity (Wildman–Crippen MR) is 194 cm³/mol. The molecule has 284 valence electrons. The molecule has 53 heavy (non-hydrogen) atoms. The molecule has 4 heterocycles. The highest BCUT2D eigenvalue weighted by Gasteiger charge is 2.77. The molecule has 0 spiro atoms. The van der Waals surface area contributed by atoms with Gasteiger partial charge in [-0.25, -0.2) is 22.8 Å². The van der Waals surface area contributed by atoms with Crippen molar-refractivity contribution in [3.8, 4) is 5.75 Å². The van der Waals surface area contributed by atoms with Gasteiger partial charge >= 0.3 is 18.0 Å². The summed E-state index contributed by atoms with van der Waals surface area (Å²) in [5, 5.41) is 12.9. The van der Waals surface area contributed by atoms with E-state index in [1.807, 2.05) is 6.07 Å². The number of aromatic hydroxyl groups is 1. The lowest BCUT2D eigenvalue weighted by molar-refractivity contribution is -0.181. The second-order valence-electron chi connectivity index (χ2n) is 13.8. The lowest BCUT2D eigenvalue weighted by atomic mass is 9.95. The fourth-order valence-corrected chi connectivity index (χ4v) is 12.8. The number of β-lactam (4-membered cyclic amide) rings is 2. The third-order valence-electron chi connectivity index (χ3n) is 9.60. The van der Waals surface area contributed by atoms with Gasteiger partial charge in [-0.3, -0.25) is 14.4 Å². The van der Waals surface area contributed by atoms with Crippen LogP contribution in [0, 0.1) is 0 Å². The number of amides is 4. The Morgan fingerprint density at radius 1 is 0.906 bits per heavy atom. The van der Waals surface area contributed by atoms with Gasteiger partial charge in [-0.2, -0.15) is 0 Å². The molecular weight excluding hydrogens is 868 g/mol. The van der Waals surface area contributed by atoms with Gasteiger partial charge in [0.15, 0.2) is 18.4 Å². The van der Waals surface area contributed by atoms with Crippen LogP contribution in [0.3, 0.4) is 0 Å². The number of rotatable bonds is 10. The van der Waals surface area contributed by atoms with Crippen molar-refractivity contribution in [1.29, 1.82) is 0 Å². The largest absolute Gasteiger partial charge is 0.508 e. The Bertz CT molecular complexity index is 1980. The maximum Gasteiger partial charge on any atom is 0.408 e. The van der Waals surface area contributed by atoms with Gasteiger partial charge in [0.2, 0.25) is 18.6 Å². The van der Waals surface area contributed by atoms with Gasteiger partial charge in [-0.05, 0) is 51.0 Å². The number of benzene rings is 2. The third-order valence-corrected chi connectivity index (χ3v) is 16.2. The smallest absolute Gasteiger partial charge is 0.408 e. The number of carbonyl (C=O) groups is 6. The van der Waals surface area contributed by atoms with Crippen molar-refractivity contribution in [1.82, 2.24) is 20.4 Å². The first kappa shape index (κ1) is 38.8. The Kier molecular flexibility index (Phi) is 10.1. The van der Waals surface area contributed by atoms with Gasteiger partial charge in [0.1, 0.15) is 46.6 Å². The van der Waals surface area contributed by atoms with Crippen molar-refractivity contribution in [2.24, 2.45) is 0 Å². The van der Waals surface area contributed by atoms with Crippen LogP contribution < -0.4 is 10.6 Å². The highest BCUT2D eigenvalue weighted by molar-refractivity contribution is 9.26. The minimum absolute atomic E-state index is 0.0644. The fourth-order valence-electron chi connectivity index (χ4n) is 6.78. The maximum atomic E-state index is 13.6. The number of alkyl carbamates (subject to hydrolysis) is 1. The number of hydrogen-bond acceptors (Lipinski definition) is 13. The molecule has 2 aromatic carbocycles. The number of thioether (sulfide) groups is 1. The van der Waals surface area contributed by atoms with Crippen LogP contribution in [0.25, 0.3) is 0 Å². The maximum absolute atomic E-state index is 13.6. The number of phenols is 1. The molecule has 0 aliphatic carbocycles. The molecule has 4 saturated heterocycles. The van der Waals surface area contributed by atoms with Crippen molar-refractivity contribution in [2.75, 3.05) is 6.79 Å². The predicted octanol–water partition coefficient (Wildman–Crippen LogP) is 2.18. The summed E-state index contributed by atoms with van der Waals surface area (Å²) in [5.41, 5.74) is 1.01. The lowest BCUT2D eigenvalue weighted by Gasteiger charge is -2.45. The van der Waals surface area contributed by atoms with E-state index in [2.05, 4.69) is 42.5 Å². The average Bonchev–Trinajstić information content (AvgIpc) is 3.44. The second kappa shape index (κ2) is 13.8. The number of esters is 2. The molecule has 2 aromatic rings. The number of phenolic OH excluding ortho intramolecular Hbond substituents is 1. The third kappa shape index (κ3) is 6.54. The second-order valence-corrected chi connectivity index (χ2v) is 21.7. The van der Waals surface area contributed by atoms with Gasteiger partial charge in [0.25, 0.3) is 5.91 Å². The van der Waals surface area contributed by atoms with E-state index in [1.165, 1.54) is 54.8 Å². The number of sulfone groups is 1. The highest BCUT2D eigenvalue weighted by Crippen LogP contribution is 2.57. The van der Waals surface area contributed by atoms with Gasteiger partial charge in [0.05, 0.1) is 0 Å². The van der Waals surface area contributed by atoms with E-state index in [0.29, 0.717) is 5.56 Å². The monoisotopic (exact) mass is 900 g/mol. The molecule has 4 aliphatic rings. The molecule has 20 heteroatoms. The zero-order valence-corrected chi connectivity index (χ0v) is 33.3. The number of carbonyl (C=O) groups excluding carboxylic acids is 6. The normalized spacial score (nSPS) is 27.2. The SMILES string of the molecule is CC1(C)S[C@@H]2C(NC(=O)C(NC(=O)OCc3ccccc3)c3ccc(O)cc3)C(=O)N2[C@H]1C(=O)OCOC(=O)[C@@H]1N2C(=O)C(Br)(Br)[C@H]2S(=O)(=O)C1(C)C. The summed E-state index contributed by atoms with van der Waals surface area (Å²) in [6.45, 7) is 4.99. The van der Waals surface area contributed by atoms with Crippen LogP contribution in [0.2, 0.25) is 0 Å². The molecule has 0 radical (unpaired) electrons. The summed E-state index contributed by atoms with van der Waals surface area (Å²) >= 11 is 7.38. The number of halogens is 2. The zero-order valence-electron chi connectivity index (χ0n) is 28.5. The summed E-state index contributed by atoms with van der Waals surface area (Å²) < 4.78 is 37.8. The fraction of sp³-hybridized carbons (Fsp3) is 0.455. The van der Waals surface area contributed by atoms with Crippen molar-refractivity contribution in [2.45, 2.75) is 81.9 Å². The van der Waals surface area contributed by atoms with Crippen LogP contribution in [-0.4, -0.2) is 107 Å². The van der Waals surface area contributed by atoms with Gasteiger partial charge in [0, 0.05) is 4.75 Å². The Balaban J connectivity index is 1.08. The number of nitrogens with one attached hydrogen (secondary N) is 2. The molecule has 4 amide bonds. The minimum Gasteiger partial charge on any atom is -0.508 e. The average molecular weight is 903 g/mol. The van der Waals surface area contributed by atoms with E-state index in [9.17, 15) is 42.3 Å². The van der Waals surface area contributed by atoms with Crippen LogP contribution in [0.5, 0.6) is 5.75 Å². The molecule has 3 N–H and O–H groups in total. The quantitative estimate of drug-likeness (QED) is 0.135. The molecule has 0 bridgehead atoms. The Morgan fingerprint density at radius 3 is 2.13 bits per heavy atom. The first-order valence-electron chi connectivity index (χ1n) is 16.1. The molecule has 0 aromatic heterocycles. The summed E-state index contributed by atoms with van der Waals surface area (Å²) in [6.07, 6.45) is -0.905. The number of nitrogens with zero attached hydrogens (tertiary/aromatic N) is 2. The van der Waals surface area contributed by atoms with Crippen LogP contribution in [-0.2, 0) is 54.6 Å². The van der Waals surface area contributed by atoms with Crippen molar-refractivity contribution < 1.29 is 56.5 Å². The topological polar surface area (TPSA) is 215 Å². The van der Waals surface area contributed by atoms with Gasteiger partial charge < -0.3 is 39.8 Å². The van der Waals surface area contributed by atoms with E-state index in [-0.39, 0.29) is 12.4 Å². The summed E-state index contributed by atoms with van der Waals surface area (Å²) in [4.78, 5) is 81.2. The molecule has 2 unspecified atom stereocenters. The molecule has 6 rings (SSSR count). The molecule has 4 aliphatic heterocycles. The Hall–Kier alpha value is -3.88. The minimum atomic E-state index is -4.05. The molecule has 6 atom stereocenters. The summed E-state index contributed by atoms with van der Waals surface area (Å²) in [7, 11) is -4.05. The van der Waals surface area contributed by atoms with Crippen LogP contribution in [0.1, 0.15) is 44.9 Å². The molecule has 0 saturated carbocycles. The van der Waals surface area contributed by atoms with Crippen molar-refractivity contribution in [3.05, 3.63) is 65.7 Å². The van der Waals surface area contributed by atoms with Crippen LogP contribution >= 0.6 is 43.6 Å².